The molecule has 4 N–H and O–H groups in total. The van der Waals surface area contributed by atoms with E-state index in [2.05, 4.69) is 23.5 Å². The topological polar surface area (TPSA) is 53.8 Å². The van der Waals surface area contributed by atoms with Crippen LogP contribution in [0, 0.1) is 11.6 Å². The van der Waals surface area contributed by atoms with Crippen LogP contribution in [0.1, 0.15) is 0 Å². The van der Waals surface area contributed by atoms with Gasteiger partial charge in [0.2, 0.25) is 0 Å². The van der Waals surface area contributed by atoms with Crippen molar-refractivity contribution in [2.24, 2.45) is 5.73 Å². The molecular weight excluding hydrogens is 224 g/mol. The number of aromatic nitrogens is 1. The fraction of sp³-hybridized carbons (Fsp3) is 0. The maximum Gasteiger partial charge on any atom is 0.160 e. The SMILES string of the molecule is C=C(N)C(=C)Nc1c[nH]c2cc(F)c(F)cc12. The Morgan fingerprint density at radius 3 is 2.53 bits per heavy atom. The minimum atomic E-state index is -0.905. The van der Waals surface area contributed by atoms with E-state index in [1.165, 1.54) is 0 Å². The molecule has 5 heteroatoms. The third-order valence-electron chi connectivity index (χ3n) is 2.40. The van der Waals surface area contributed by atoms with E-state index in [1.807, 2.05) is 0 Å². The van der Waals surface area contributed by atoms with Gasteiger partial charge in [-0.2, -0.15) is 0 Å². The van der Waals surface area contributed by atoms with Crippen molar-refractivity contribution < 1.29 is 8.78 Å². The highest BCUT2D eigenvalue weighted by molar-refractivity contribution is 5.93. The van der Waals surface area contributed by atoms with Crippen molar-refractivity contribution in [2.45, 2.75) is 0 Å². The second-order valence-electron chi connectivity index (χ2n) is 3.64. The molecule has 0 aliphatic heterocycles. The summed E-state index contributed by atoms with van der Waals surface area (Å²) < 4.78 is 26.1. The summed E-state index contributed by atoms with van der Waals surface area (Å²) in [7, 11) is 0. The first-order valence-corrected chi connectivity index (χ1v) is 4.86. The number of H-pyrrole nitrogens is 1. The molecule has 17 heavy (non-hydrogen) atoms. The van der Waals surface area contributed by atoms with Crippen LogP contribution >= 0.6 is 0 Å². The average molecular weight is 235 g/mol. The number of nitrogens with two attached hydrogens (primary N) is 1. The molecule has 0 unspecified atom stereocenters. The van der Waals surface area contributed by atoms with Gasteiger partial charge in [-0.15, -0.1) is 0 Å². The third-order valence-corrected chi connectivity index (χ3v) is 2.40. The molecule has 88 valence electrons. The van der Waals surface area contributed by atoms with E-state index in [-0.39, 0.29) is 5.70 Å². The van der Waals surface area contributed by atoms with Gasteiger partial charge in [-0.05, 0) is 6.07 Å². The molecule has 0 spiro atoms. The molecule has 3 nitrogen and oxygen atoms in total. The Morgan fingerprint density at radius 1 is 1.24 bits per heavy atom. The van der Waals surface area contributed by atoms with Crippen molar-refractivity contribution in [1.29, 1.82) is 0 Å². The van der Waals surface area contributed by atoms with Crippen molar-refractivity contribution in [1.82, 2.24) is 4.98 Å². The summed E-state index contributed by atoms with van der Waals surface area (Å²) in [4.78, 5) is 2.82. The zero-order chi connectivity index (χ0) is 12.6. The number of halogens is 2. The minimum absolute atomic E-state index is 0.280. The Balaban J connectivity index is 2.46. The molecule has 0 aliphatic carbocycles. The van der Waals surface area contributed by atoms with Crippen LogP contribution in [0.15, 0.2) is 42.9 Å². The summed E-state index contributed by atoms with van der Waals surface area (Å²) in [5.74, 6) is -1.80. The number of nitrogens with one attached hydrogen (secondary N) is 2. The number of anilines is 1. The van der Waals surface area contributed by atoms with E-state index >= 15 is 0 Å². The number of hydrogen-bond donors (Lipinski definition) is 3. The quantitative estimate of drug-likeness (QED) is 0.716. The third kappa shape index (κ3) is 1.99. The van der Waals surface area contributed by atoms with Gasteiger partial charge in [0, 0.05) is 23.3 Å². The Bertz CT molecular complexity index is 613. The molecule has 1 aromatic carbocycles. The number of hydrogen-bond acceptors (Lipinski definition) is 2. The molecule has 0 radical (unpaired) electrons. The number of aromatic amines is 1. The summed E-state index contributed by atoms with van der Waals surface area (Å²) in [5.41, 5.74) is 7.20. The largest absolute Gasteiger partial charge is 0.398 e. The highest BCUT2D eigenvalue weighted by Gasteiger charge is 2.09. The van der Waals surface area contributed by atoms with Crippen molar-refractivity contribution in [3.05, 3.63) is 54.5 Å². The summed E-state index contributed by atoms with van der Waals surface area (Å²) in [5, 5.41) is 3.39. The van der Waals surface area contributed by atoms with E-state index in [0.29, 0.717) is 22.3 Å². The van der Waals surface area contributed by atoms with E-state index in [1.54, 1.807) is 6.20 Å². The lowest BCUT2D eigenvalue weighted by Gasteiger charge is -2.07. The molecule has 0 amide bonds. The Morgan fingerprint density at radius 2 is 1.88 bits per heavy atom. The Kier molecular flexibility index (Phi) is 2.59. The summed E-state index contributed by atoms with van der Waals surface area (Å²) >= 11 is 0. The zero-order valence-corrected chi connectivity index (χ0v) is 8.98. The standard InChI is InChI=1S/C12H11F2N3/c1-6(15)7(2)17-12-5-16-11-4-10(14)9(13)3-8(11)12/h3-5,16-17H,1-2,15H2. The Labute approximate surface area is 96.6 Å². The van der Waals surface area contributed by atoms with Gasteiger partial charge in [0.1, 0.15) is 0 Å². The molecule has 0 atom stereocenters. The first-order valence-electron chi connectivity index (χ1n) is 4.86. The van der Waals surface area contributed by atoms with Crippen LogP contribution in [0.25, 0.3) is 10.9 Å². The monoisotopic (exact) mass is 235 g/mol. The molecule has 2 rings (SSSR count). The normalized spacial score (nSPS) is 10.5. The van der Waals surface area contributed by atoms with Gasteiger partial charge in [0.15, 0.2) is 11.6 Å². The van der Waals surface area contributed by atoms with Gasteiger partial charge in [-0.3, -0.25) is 0 Å². The second kappa shape index (κ2) is 3.93. The molecule has 0 bridgehead atoms. The van der Waals surface area contributed by atoms with Crippen molar-refractivity contribution in [3.63, 3.8) is 0 Å². The molecule has 2 aromatic rings. The lowest BCUT2D eigenvalue weighted by molar-refractivity contribution is 0.511. The predicted molar refractivity (Wildman–Crippen MR) is 64.3 cm³/mol. The average Bonchev–Trinajstić information content (AvgIpc) is 2.62. The molecule has 0 saturated heterocycles. The Hall–Kier alpha value is -2.30. The van der Waals surface area contributed by atoms with E-state index in [9.17, 15) is 8.78 Å². The van der Waals surface area contributed by atoms with Gasteiger partial charge in [-0.1, -0.05) is 13.2 Å². The van der Waals surface area contributed by atoms with Crippen molar-refractivity contribution in [3.8, 4) is 0 Å². The first-order chi connectivity index (χ1) is 7.99. The van der Waals surface area contributed by atoms with Gasteiger partial charge in [0.25, 0.3) is 0 Å². The van der Waals surface area contributed by atoms with Crippen LogP contribution in [0.5, 0.6) is 0 Å². The lowest BCUT2D eigenvalue weighted by atomic mass is 10.2. The summed E-state index contributed by atoms with van der Waals surface area (Å²) in [6.45, 7) is 7.18. The van der Waals surface area contributed by atoms with Crippen LogP contribution in [-0.2, 0) is 0 Å². The lowest BCUT2D eigenvalue weighted by Crippen LogP contribution is -2.06. The van der Waals surface area contributed by atoms with Crippen LogP contribution in [0.3, 0.4) is 0 Å². The molecular formula is C12H11F2N3. The smallest absolute Gasteiger partial charge is 0.160 e. The molecule has 0 saturated carbocycles. The number of fused-ring (bicyclic) bond motifs is 1. The van der Waals surface area contributed by atoms with Gasteiger partial charge in [-0.25, -0.2) is 8.78 Å². The van der Waals surface area contributed by atoms with Crippen molar-refractivity contribution in [2.75, 3.05) is 5.32 Å². The molecule has 1 aromatic heterocycles. The first kappa shape index (κ1) is 11.2. The molecule has 0 fully saturated rings. The van der Waals surface area contributed by atoms with Gasteiger partial charge >= 0.3 is 0 Å². The van der Waals surface area contributed by atoms with Crippen LogP contribution in [0.2, 0.25) is 0 Å². The van der Waals surface area contributed by atoms with Gasteiger partial charge < -0.3 is 16.0 Å². The van der Waals surface area contributed by atoms with E-state index in [4.69, 9.17) is 5.73 Å². The fourth-order valence-corrected chi connectivity index (χ4v) is 1.46. The minimum Gasteiger partial charge on any atom is -0.398 e. The van der Waals surface area contributed by atoms with Crippen molar-refractivity contribution >= 4 is 16.6 Å². The molecule has 1 heterocycles. The van der Waals surface area contributed by atoms with Crippen LogP contribution < -0.4 is 11.1 Å². The van der Waals surface area contributed by atoms with E-state index in [0.717, 1.165) is 12.1 Å². The van der Waals surface area contributed by atoms with Crippen LogP contribution in [-0.4, -0.2) is 4.98 Å². The molecule has 0 aliphatic rings. The number of benzene rings is 1. The fourth-order valence-electron chi connectivity index (χ4n) is 1.46. The number of rotatable bonds is 3. The maximum absolute atomic E-state index is 13.1. The predicted octanol–water partition coefficient (Wildman–Crippen LogP) is 2.84. The second-order valence-corrected chi connectivity index (χ2v) is 3.64. The highest BCUT2D eigenvalue weighted by atomic mass is 19.2. The zero-order valence-electron chi connectivity index (χ0n) is 8.98. The summed E-state index contributed by atoms with van der Waals surface area (Å²) in [6.07, 6.45) is 1.58. The highest BCUT2D eigenvalue weighted by Crippen LogP contribution is 2.26. The van der Waals surface area contributed by atoms with Crippen LogP contribution in [0.4, 0.5) is 14.5 Å². The summed E-state index contributed by atoms with van der Waals surface area (Å²) in [6, 6.07) is 2.20. The maximum atomic E-state index is 13.1. The van der Waals surface area contributed by atoms with Gasteiger partial charge in [0.05, 0.1) is 16.9 Å². The van der Waals surface area contributed by atoms with E-state index < -0.39 is 11.6 Å².